The van der Waals surface area contributed by atoms with E-state index in [1.54, 1.807) is 21.5 Å². The number of aromatic nitrogens is 10. The fourth-order valence-electron chi connectivity index (χ4n) is 6.88. The molecule has 322 valence electrons. The average molecular weight is 949 g/mol. The minimum atomic E-state index is -4.39. The normalized spacial score (nSPS) is 28.1. The van der Waals surface area contributed by atoms with E-state index in [0.717, 1.165) is 10.1 Å². The van der Waals surface area contributed by atoms with Gasteiger partial charge in [0.1, 0.15) is 58.4 Å². The van der Waals surface area contributed by atoms with Crippen molar-refractivity contribution in [3.8, 4) is 0 Å². The molecule has 8 atom stereocenters. The number of nitrogens with two attached hydrogens (primary N) is 2. The first kappa shape index (κ1) is 42.9. The van der Waals surface area contributed by atoms with Crippen LogP contribution in [-0.4, -0.2) is 111 Å². The van der Waals surface area contributed by atoms with Gasteiger partial charge in [-0.15, -0.1) is 0 Å². The highest BCUT2D eigenvalue weighted by atomic mass is 33.1. The van der Waals surface area contributed by atoms with Gasteiger partial charge in [-0.1, -0.05) is 33.7 Å². The zero-order valence-electron chi connectivity index (χ0n) is 31.9. The Bertz CT molecular complexity index is 2540. The summed E-state index contributed by atoms with van der Waals surface area (Å²) in [7, 11) is -2.63. The Hall–Kier alpha value is -3.42. The summed E-state index contributed by atoms with van der Waals surface area (Å²) in [5, 5.41) is 1.64. The number of fused-ring (bicyclic) bond motifs is 4. The summed E-state index contributed by atoms with van der Waals surface area (Å²) >= 11 is 0. The second-order valence-electron chi connectivity index (χ2n) is 13.5. The van der Waals surface area contributed by atoms with E-state index in [1.165, 1.54) is 68.5 Å². The van der Waals surface area contributed by atoms with Gasteiger partial charge in [-0.3, -0.25) is 27.3 Å². The summed E-state index contributed by atoms with van der Waals surface area (Å²) in [6.45, 7) is -0.582. The molecule has 0 aliphatic carbocycles. The summed E-state index contributed by atoms with van der Waals surface area (Å²) in [5.74, 6) is 1.25. The molecule has 0 saturated carbocycles. The lowest BCUT2D eigenvalue weighted by molar-refractivity contribution is -0.0442. The zero-order chi connectivity index (χ0) is 41.8. The van der Waals surface area contributed by atoms with Gasteiger partial charge in [0.2, 0.25) is 0 Å². The highest BCUT2D eigenvalue weighted by Gasteiger charge is 2.53. The van der Waals surface area contributed by atoms with E-state index in [9.17, 15) is 4.57 Å². The second kappa shape index (κ2) is 19.1. The molecule has 4 N–H and O–H groups in total. The van der Waals surface area contributed by atoms with Gasteiger partial charge in [0.25, 0.3) is 0 Å². The first-order valence-corrected chi connectivity index (χ1v) is 26.5. The quantitative estimate of drug-likeness (QED) is 0.0698. The van der Waals surface area contributed by atoms with E-state index >= 15 is 4.57 Å². The smallest absolute Gasteiger partial charge is 0.382 e. The average Bonchev–Trinajstić information content (AvgIpc) is 4.08. The Morgan fingerprint density at radius 3 is 1.85 bits per heavy atom. The molecule has 6 aromatic rings. The van der Waals surface area contributed by atoms with E-state index in [2.05, 4.69) is 39.9 Å². The minimum Gasteiger partial charge on any atom is -0.382 e. The lowest BCUT2D eigenvalue weighted by Crippen LogP contribution is -2.30. The van der Waals surface area contributed by atoms with Crippen molar-refractivity contribution in [2.45, 2.75) is 59.3 Å². The molecule has 0 bridgehead atoms. The maximum absolute atomic E-state index is 15.4. The van der Waals surface area contributed by atoms with Gasteiger partial charge in [-0.2, -0.15) is 0 Å². The van der Waals surface area contributed by atoms with Crippen LogP contribution in [0.25, 0.3) is 22.3 Å². The lowest BCUT2D eigenvalue weighted by Gasteiger charge is -2.27. The van der Waals surface area contributed by atoms with Crippen LogP contribution in [0.1, 0.15) is 25.3 Å². The highest BCUT2D eigenvalue weighted by Crippen LogP contribution is 2.62. The van der Waals surface area contributed by atoms with Gasteiger partial charge < -0.3 is 30.0 Å². The third-order valence-corrected chi connectivity index (χ3v) is 18.0. The third-order valence-electron chi connectivity index (χ3n) is 9.68. The van der Waals surface area contributed by atoms with Gasteiger partial charge in [0.15, 0.2) is 22.9 Å². The van der Waals surface area contributed by atoms with Crippen LogP contribution in [0.3, 0.4) is 0 Å². The van der Waals surface area contributed by atoms with Gasteiger partial charge in [-0.05, 0) is 45.9 Å². The number of phosphoric ester groups is 1. The number of rotatable bonds is 14. The van der Waals surface area contributed by atoms with E-state index in [1.807, 2.05) is 36.4 Å². The molecule has 6 aromatic heterocycles. The van der Waals surface area contributed by atoms with Crippen molar-refractivity contribution >= 4 is 92.6 Å². The third kappa shape index (κ3) is 9.74. The molecular formula is C34H38N12O9P2S4. The zero-order valence-corrected chi connectivity index (χ0v) is 36.9. The van der Waals surface area contributed by atoms with Gasteiger partial charge in [0.05, 0.1) is 50.8 Å². The number of hydrogen-bond acceptors (Lipinski definition) is 23. The van der Waals surface area contributed by atoms with Crippen molar-refractivity contribution < 1.29 is 41.2 Å². The maximum Gasteiger partial charge on any atom is 0.475 e. The molecule has 0 spiro atoms. The first-order chi connectivity index (χ1) is 29.8. The van der Waals surface area contributed by atoms with E-state index in [4.69, 9.17) is 43.6 Å². The molecule has 3 aliphatic rings. The fraction of sp³-hybridized carbons (Fsp3) is 0.412. The standard InChI is InChI=1S/C34H38N12O9P2S4/c35-31-29-33(41-17-39-31)45(19-43-29)27-13-21-22(53-27)15-51-56(47,49-9-11-58-60-25-5-1-3-7-37-25)24-14-28(46-20-44-30-32(36)40-18-42-34(30)46)54-23(24)16-52-57(48,55-21)50-10-12-59-61-26-6-2-4-8-38-26/h1-8,17-24,27-28H,9-16H2,(H2,35,39,41)(H2,36,40,42)/t21-,22-,23-,24?,27-,28-,56?,57?/m1/s1. The Labute approximate surface area is 363 Å². The second-order valence-corrected chi connectivity index (χ2v) is 22.3. The van der Waals surface area contributed by atoms with Crippen molar-refractivity contribution in [2.75, 3.05) is 49.4 Å². The Kier molecular flexibility index (Phi) is 13.4. The largest absolute Gasteiger partial charge is 0.475 e. The molecule has 9 heterocycles. The van der Waals surface area contributed by atoms with Crippen LogP contribution < -0.4 is 11.5 Å². The predicted molar refractivity (Wildman–Crippen MR) is 229 cm³/mol. The molecule has 0 amide bonds. The lowest BCUT2D eigenvalue weighted by atomic mass is 10.2. The van der Waals surface area contributed by atoms with Gasteiger partial charge in [0, 0.05) is 36.7 Å². The van der Waals surface area contributed by atoms with Crippen LogP contribution in [0, 0.1) is 0 Å². The Morgan fingerprint density at radius 1 is 0.672 bits per heavy atom. The van der Waals surface area contributed by atoms with E-state index < -0.39 is 51.8 Å². The molecule has 61 heavy (non-hydrogen) atoms. The molecule has 3 aliphatic heterocycles. The van der Waals surface area contributed by atoms with Crippen molar-refractivity contribution in [3.63, 3.8) is 0 Å². The first-order valence-electron chi connectivity index (χ1n) is 18.8. The van der Waals surface area contributed by atoms with Crippen molar-refractivity contribution in [1.82, 2.24) is 49.0 Å². The number of phosphoric acid groups is 1. The molecule has 3 unspecified atom stereocenters. The molecule has 0 aromatic carbocycles. The number of nitrogens with zero attached hydrogens (tertiary/aromatic N) is 10. The van der Waals surface area contributed by atoms with Crippen LogP contribution >= 0.6 is 58.6 Å². The fourth-order valence-corrected chi connectivity index (χ4v) is 14.1. The topological polar surface area (TPSA) is 264 Å². The van der Waals surface area contributed by atoms with E-state index in [-0.39, 0.29) is 50.9 Å². The van der Waals surface area contributed by atoms with Crippen LogP contribution in [0.15, 0.2) is 84.2 Å². The minimum absolute atomic E-state index is 0.00216. The maximum atomic E-state index is 15.4. The molecule has 0 radical (unpaired) electrons. The SMILES string of the molecule is Nc1ncnc2c1ncn2[C@H]1CC2[C@@H](COP(=O)(OCCSSc3ccccn3)O[C@@H]3C[C@H](n4cnc5c(N)ncnc54)O[C@@H]3COP2(=O)OCCSSc2ccccn2)O1. The number of pyridine rings is 2. The van der Waals surface area contributed by atoms with Crippen LogP contribution in [0.2, 0.25) is 0 Å². The van der Waals surface area contributed by atoms with Gasteiger partial charge >= 0.3 is 15.4 Å². The number of imidazole rings is 2. The molecule has 3 fully saturated rings. The number of hydrogen-bond donors (Lipinski definition) is 2. The van der Waals surface area contributed by atoms with Gasteiger partial charge in [-0.25, -0.2) is 44.4 Å². The number of ether oxygens (including phenoxy) is 2. The van der Waals surface area contributed by atoms with E-state index in [0.29, 0.717) is 33.8 Å². The molecular weight excluding hydrogens is 911 g/mol. The monoisotopic (exact) mass is 948 g/mol. The molecule has 9 rings (SSSR count). The molecule has 21 nitrogen and oxygen atoms in total. The Balaban J connectivity index is 0.995. The summed E-state index contributed by atoms with van der Waals surface area (Å²) in [4.78, 5) is 34.3. The van der Waals surface area contributed by atoms with Crippen molar-refractivity contribution in [2.24, 2.45) is 0 Å². The molecule has 3 saturated heterocycles. The number of anilines is 2. The summed E-state index contributed by atoms with van der Waals surface area (Å²) in [6.07, 6.45) is 5.01. The van der Waals surface area contributed by atoms with Crippen molar-refractivity contribution in [1.29, 1.82) is 0 Å². The molecule has 27 heteroatoms. The predicted octanol–water partition coefficient (Wildman–Crippen LogP) is 6.21. The highest BCUT2D eigenvalue weighted by molar-refractivity contribution is 8.77. The van der Waals surface area contributed by atoms with Crippen LogP contribution in [-0.2, 0) is 41.2 Å². The van der Waals surface area contributed by atoms with Crippen molar-refractivity contribution in [3.05, 3.63) is 74.1 Å². The summed E-state index contributed by atoms with van der Waals surface area (Å²) < 4.78 is 77.7. The summed E-state index contributed by atoms with van der Waals surface area (Å²) in [6, 6.07) is 11.3. The Morgan fingerprint density at radius 2 is 1.25 bits per heavy atom. The van der Waals surface area contributed by atoms with Crippen LogP contribution in [0.4, 0.5) is 11.6 Å². The number of nitrogen functional groups attached to an aromatic ring is 2. The van der Waals surface area contributed by atoms with Crippen LogP contribution in [0.5, 0.6) is 0 Å². The summed E-state index contributed by atoms with van der Waals surface area (Å²) in [5.41, 5.74) is 12.8.